The minimum absolute atomic E-state index is 0.738. The number of methoxy groups -OCH3 is 1. The molecule has 0 aliphatic heterocycles. The number of nitrogens with zero attached hydrogens (tertiary/aromatic N) is 4. The second-order valence-corrected chi connectivity index (χ2v) is 7.61. The first kappa shape index (κ1) is 18.8. The minimum Gasteiger partial charge on any atom is -0.383 e. The number of thiophene rings is 1. The first-order chi connectivity index (χ1) is 12.7. The maximum absolute atomic E-state index is 5.32. The van der Waals surface area contributed by atoms with E-state index in [4.69, 9.17) is 4.74 Å². The van der Waals surface area contributed by atoms with Gasteiger partial charge < -0.3 is 4.74 Å². The minimum atomic E-state index is 0.738. The molecular weight excluding hydrogens is 344 g/mol. The number of hydrogen-bond donors (Lipinski definition) is 0. The van der Waals surface area contributed by atoms with Crippen molar-refractivity contribution in [2.24, 2.45) is 0 Å². The lowest BCUT2D eigenvalue weighted by Gasteiger charge is -2.23. The van der Waals surface area contributed by atoms with Crippen LogP contribution in [-0.4, -0.2) is 39.9 Å². The Labute approximate surface area is 159 Å². The lowest BCUT2D eigenvalue weighted by Crippen LogP contribution is -2.26. The van der Waals surface area contributed by atoms with Gasteiger partial charge in [-0.3, -0.25) is 4.90 Å². The average molecular weight is 371 g/mol. The highest BCUT2D eigenvalue weighted by molar-refractivity contribution is 7.09. The number of ether oxygens (including phenoxy) is 1. The van der Waals surface area contributed by atoms with E-state index in [0.717, 1.165) is 32.8 Å². The standard InChI is InChI=1S/C20H26N4OS/c1-16-9-17(2)19(12-24-15-21-14-22-24)10-18(16)11-23(6-7-25-3)13-20-5-4-8-26-20/h4-5,8-10,14-15H,6-7,11-13H2,1-3H3. The van der Waals surface area contributed by atoms with Crippen LogP contribution < -0.4 is 0 Å². The van der Waals surface area contributed by atoms with Gasteiger partial charge in [-0.2, -0.15) is 5.10 Å². The van der Waals surface area contributed by atoms with E-state index in [1.807, 2.05) is 4.68 Å². The molecule has 0 atom stereocenters. The molecule has 5 nitrogen and oxygen atoms in total. The summed E-state index contributed by atoms with van der Waals surface area (Å²) in [4.78, 5) is 7.88. The molecule has 26 heavy (non-hydrogen) atoms. The Hall–Kier alpha value is -2.02. The van der Waals surface area contributed by atoms with Crippen LogP contribution in [0.2, 0.25) is 0 Å². The summed E-state index contributed by atoms with van der Waals surface area (Å²) in [5, 5.41) is 6.37. The summed E-state index contributed by atoms with van der Waals surface area (Å²) in [6, 6.07) is 8.91. The highest BCUT2D eigenvalue weighted by Crippen LogP contribution is 2.20. The van der Waals surface area contributed by atoms with Crippen LogP contribution in [0.15, 0.2) is 42.3 Å². The molecule has 3 rings (SSSR count). The molecule has 0 bridgehead atoms. The Kier molecular flexibility index (Phi) is 6.55. The first-order valence-corrected chi connectivity index (χ1v) is 9.68. The van der Waals surface area contributed by atoms with E-state index >= 15 is 0 Å². The van der Waals surface area contributed by atoms with Crippen molar-refractivity contribution in [1.29, 1.82) is 0 Å². The van der Waals surface area contributed by atoms with Crippen molar-refractivity contribution < 1.29 is 4.74 Å². The highest BCUT2D eigenvalue weighted by atomic mass is 32.1. The van der Waals surface area contributed by atoms with Gasteiger partial charge in [-0.1, -0.05) is 18.2 Å². The van der Waals surface area contributed by atoms with Gasteiger partial charge in [0, 0.05) is 31.6 Å². The highest BCUT2D eigenvalue weighted by Gasteiger charge is 2.12. The molecule has 0 saturated carbocycles. The molecule has 0 spiro atoms. The van der Waals surface area contributed by atoms with Crippen molar-refractivity contribution in [1.82, 2.24) is 19.7 Å². The molecule has 3 aromatic rings. The molecule has 0 radical (unpaired) electrons. The van der Waals surface area contributed by atoms with E-state index in [1.165, 1.54) is 27.1 Å². The van der Waals surface area contributed by atoms with Gasteiger partial charge in [-0.15, -0.1) is 11.3 Å². The third-order valence-electron chi connectivity index (χ3n) is 4.56. The number of rotatable bonds is 9. The number of benzene rings is 1. The van der Waals surface area contributed by atoms with E-state index in [2.05, 4.69) is 58.5 Å². The van der Waals surface area contributed by atoms with Crippen LogP contribution in [0.4, 0.5) is 0 Å². The molecule has 0 aliphatic rings. The summed E-state index contributed by atoms with van der Waals surface area (Å²) >= 11 is 1.81. The summed E-state index contributed by atoms with van der Waals surface area (Å²) in [6.07, 6.45) is 3.35. The molecule has 0 N–H and O–H groups in total. The van der Waals surface area contributed by atoms with Gasteiger partial charge in [0.25, 0.3) is 0 Å². The van der Waals surface area contributed by atoms with Crippen LogP contribution in [-0.2, 0) is 24.4 Å². The van der Waals surface area contributed by atoms with Gasteiger partial charge in [0.05, 0.1) is 13.2 Å². The fourth-order valence-corrected chi connectivity index (χ4v) is 3.82. The number of aryl methyl sites for hydroxylation is 2. The van der Waals surface area contributed by atoms with Crippen LogP contribution >= 0.6 is 11.3 Å². The van der Waals surface area contributed by atoms with Crippen molar-refractivity contribution >= 4 is 11.3 Å². The van der Waals surface area contributed by atoms with E-state index < -0.39 is 0 Å². The van der Waals surface area contributed by atoms with E-state index in [1.54, 1.807) is 31.1 Å². The fraction of sp³-hybridized carbons (Fsp3) is 0.400. The Morgan fingerprint density at radius 3 is 2.69 bits per heavy atom. The Morgan fingerprint density at radius 1 is 1.15 bits per heavy atom. The van der Waals surface area contributed by atoms with Crippen molar-refractivity contribution in [3.8, 4) is 0 Å². The predicted molar refractivity (Wildman–Crippen MR) is 105 cm³/mol. The number of aromatic nitrogens is 3. The van der Waals surface area contributed by atoms with Gasteiger partial charge in [0.2, 0.25) is 0 Å². The normalized spacial score (nSPS) is 11.4. The maximum atomic E-state index is 5.32. The molecule has 0 aliphatic carbocycles. The summed E-state index contributed by atoms with van der Waals surface area (Å²) in [5.41, 5.74) is 5.28. The monoisotopic (exact) mass is 370 g/mol. The molecule has 0 unspecified atom stereocenters. The topological polar surface area (TPSA) is 43.2 Å². The van der Waals surface area contributed by atoms with E-state index in [9.17, 15) is 0 Å². The average Bonchev–Trinajstić information content (AvgIpc) is 3.30. The summed E-state index contributed by atoms with van der Waals surface area (Å²) in [7, 11) is 1.76. The quantitative estimate of drug-likeness (QED) is 0.577. The fourth-order valence-electron chi connectivity index (χ4n) is 3.08. The third-order valence-corrected chi connectivity index (χ3v) is 5.42. The Balaban J connectivity index is 1.78. The van der Waals surface area contributed by atoms with Crippen LogP contribution in [0.5, 0.6) is 0 Å². The molecular formula is C20H26N4OS. The summed E-state index contributed by atoms with van der Waals surface area (Å²) in [5.74, 6) is 0. The van der Waals surface area contributed by atoms with Gasteiger partial charge >= 0.3 is 0 Å². The van der Waals surface area contributed by atoms with Crippen molar-refractivity contribution in [3.63, 3.8) is 0 Å². The van der Waals surface area contributed by atoms with Crippen LogP contribution in [0, 0.1) is 13.8 Å². The number of hydrogen-bond acceptors (Lipinski definition) is 5. The molecule has 2 aromatic heterocycles. The largest absolute Gasteiger partial charge is 0.383 e. The molecule has 6 heteroatoms. The van der Waals surface area contributed by atoms with Gasteiger partial charge in [-0.25, -0.2) is 9.67 Å². The second kappa shape index (κ2) is 9.07. The second-order valence-electron chi connectivity index (χ2n) is 6.58. The third kappa shape index (κ3) is 5.00. The molecule has 1 aromatic carbocycles. The van der Waals surface area contributed by atoms with Crippen LogP contribution in [0.1, 0.15) is 27.1 Å². The van der Waals surface area contributed by atoms with E-state index in [-0.39, 0.29) is 0 Å². The van der Waals surface area contributed by atoms with Crippen LogP contribution in [0.25, 0.3) is 0 Å². The van der Waals surface area contributed by atoms with Gasteiger partial charge in [0.1, 0.15) is 12.7 Å². The molecule has 2 heterocycles. The summed E-state index contributed by atoms with van der Waals surface area (Å²) < 4.78 is 7.19. The van der Waals surface area contributed by atoms with Crippen molar-refractivity contribution in [3.05, 3.63) is 69.4 Å². The first-order valence-electron chi connectivity index (χ1n) is 8.81. The van der Waals surface area contributed by atoms with Crippen molar-refractivity contribution in [2.75, 3.05) is 20.3 Å². The molecule has 0 saturated heterocycles. The van der Waals surface area contributed by atoms with E-state index in [0.29, 0.717) is 0 Å². The van der Waals surface area contributed by atoms with Gasteiger partial charge in [0.15, 0.2) is 0 Å². The maximum Gasteiger partial charge on any atom is 0.137 e. The Bertz CT molecular complexity index is 800. The van der Waals surface area contributed by atoms with Gasteiger partial charge in [-0.05, 0) is 47.5 Å². The molecule has 138 valence electrons. The zero-order chi connectivity index (χ0) is 18.4. The molecule has 0 amide bonds. The SMILES string of the molecule is COCCN(Cc1cccs1)Cc1cc(Cn2cncn2)c(C)cc1C. The predicted octanol–water partition coefficient (Wildman–Crippen LogP) is 3.65. The van der Waals surface area contributed by atoms with Crippen LogP contribution in [0.3, 0.4) is 0 Å². The lowest BCUT2D eigenvalue weighted by atomic mass is 9.99. The zero-order valence-corrected chi connectivity index (χ0v) is 16.5. The smallest absolute Gasteiger partial charge is 0.137 e. The lowest BCUT2D eigenvalue weighted by molar-refractivity contribution is 0.140. The molecule has 0 fully saturated rings. The summed E-state index contributed by atoms with van der Waals surface area (Å²) in [6.45, 7) is 8.63. The van der Waals surface area contributed by atoms with Crippen molar-refractivity contribution in [2.45, 2.75) is 33.5 Å². The zero-order valence-electron chi connectivity index (χ0n) is 15.7. The Morgan fingerprint density at radius 2 is 2.00 bits per heavy atom.